The van der Waals surface area contributed by atoms with Gasteiger partial charge in [-0.15, -0.1) is 0 Å². The number of ether oxygens (including phenoxy) is 2. The Balaban J connectivity index is 1.35. The fourth-order valence-electron chi connectivity index (χ4n) is 3.20. The predicted molar refractivity (Wildman–Crippen MR) is 109 cm³/mol. The van der Waals surface area contributed by atoms with Crippen LogP contribution < -0.4 is 20.1 Å². The van der Waals surface area contributed by atoms with Gasteiger partial charge in [0, 0.05) is 18.8 Å². The Labute approximate surface area is 168 Å². The van der Waals surface area contributed by atoms with Crippen LogP contribution in [0.15, 0.2) is 54.9 Å². The van der Waals surface area contributed by atoms with E-state index >= 15 is 0 Å². The Kier molecular flexibility index (Phi) is 5.71. The molecule has 8 nitrogen and oxygen atoms in total. The third-order valence-corrected chi connectivity index (χ3v) is 4.76. The minimum atomic E-state index is -0.266. The summed E-state index contributed by atoms with van der Waals surface area (Å²) in [5, 5.41) is 10.6. The van der Waals surface area contributed by atoms with Crippen LogP contribution in [0.2, 0.25) is 0 Å². The van der Waals surface area contributed by atoms with Gasteiger partial charge in [0.15, 0.2) is 5.69 Å². The SMILES string of the molecule is COc1ccc(Oc2ccc(NC(=O)c3ccn(C4CCCNC4)n3)cn2)cc1. The molecule has 2 N–H and O–H groups in total. The smallest absolute Gasteiger partial charge is 0.276 e. The molecule has 1 saturated heterocycles. The number of pyridine rings is 1. The molecule has 0 radical (unpaired) electrons. The third kappa shape index (κ3) is 4.72. The topological polar surface area (TPSA) is 90.3 Å². The standard InChI is InChI=1S/C21H23N5O3/c1-28-17-5-7-18(8-6-17)29-20-9-4-15(13-23-20)24-21(27)19-10-12-26(25-19)16-3-2-11-22-14-16/h4-10,12-13,16,22H,2-3,11,14H2,1H3,(H,24,27). The van der Waals surface area contributed by atoms with Gasteiger partial charge in [0.05, 0.1) is 25.0 Å². The molecule has 0 aliphatic carbocycles. The molecule has 3 heterocycles. The van der Waals surface area contributed by atoms with Crippen LogP contribution in [0, 0.1) is 0 Å². The van der Waals surface area contributed by atoms with E-state index in [2.05, 4.69) is 20.7 Å². The Bertz CT molecular complexity index is 947. The lowest BCUT2D eigenvalue weighted by Crippen LogP contribution is -2.32. The van der Waals surface area contributed by atoms with Crippen LogP contribution in [-0.4, -0.2) is 40.9 Å². The summed E-state index contributed by atoms with van der Waals surface area (Å²) in [5.41, 5.74) is 0.958. The number of aromatic nitrogens is 3. The Hall–Kier alpha value is -3.39. The van der Waals surface area contributed by atoms with Crippen molar-refractivity contribution in [1.82, 2.24) is 20.1 Å². The molecule has 2 aromatic heterocycles. The van der Waals surface area contributed by atoms with Crippen LogP contribution in [0.5, 0.6) is 17.4 Å². The number of methoxy groups -OCH3 is 1. The van der Waals surface area contributed by atoms with Gasteiger partial charge in [-0.3, -0.25) is 9.48 Å². The maximum atomic E-state index is 12.5. The molecule has 1 fully saturated rings. The Morgan fingerprint density at radius 1 is 1.17 bits per heavy atom. The van der Waals surface area contributed by atoms with Gasteiger partial charge in [0.1, 0.15) is 11.5 Å². The lowest BCUT2D eigenvalue weighted by molar-refractivity contribution is 0.102. The summed E-state index contributed by atoms with van der Waals surface area (Å²) in [7, 11) is 1.61. The highest BCUT2D eigenvalue weighted by Crippen LogP contribution is 2.23. The first-order chi connectivity index (χ1) is 14.2. The summed E-state index contributed by atoms with van der Waals surface area (Å²) in [6.45, 7) is 1.92. The number of carbonyl (C=O) groups is 1. The Morgan fingerprint density at radius 2 is 2.00 bits per heavy atom. The molecule has 0 bridgehead atoms. The van der Waals surface area contributed by atoms with Gasteiger partial charge in [0.2, 0.25) is 5.88 Å². The first kappa shape index (κ1) is 18.9. The summed E-state index contributed by atoms with van der Waals surface area (Å²) in [5.74, 6) is 1.57. The monoisotopic (exact) mass is 393 g/mol. The maximum Gasteiger partial charge on any atom is 0.276 e. The molecule has 29 heavy (non-hydrogen) atoms. The molecule has 1 aliphatic heterocycles. The van der Waals surface area contributed by atoms with Crippen molar-refractivity contribution in [3.8, 4) is 17.4 Å². The fourth-order valence-corrected chi connectivity index (χ4v) is 3.20. The number of nitrogens with zero attached hydrogens (tertiary/aromatic N) is 3. The number of benzene rings is 1. The first-order valence-electron chi connectivity index (χ1n) is 9.56. The van der Waals surface area contributed by atoms with Gasteiger partial charge in [-0.2, -0.15) is 5.10 Å². The molecule has 4 rings (SSSR count). The quantitative estimate of drug-likeness (QED) is 0.668. The zero-order valence-corrected chi connectivity index (χ0v) is 16.2. The van der Waals surface area contributed by atoms with Crippen molar-refractivity contribution in [2.75, 3.05) is 25.5 Å². The molecule has 0 saturated carbocycles. The van der Waals surface area contributed by atoms with Crippen molar-refractivity contribution in [3.05, 3.63) is 60.6 Å². The number of hydrogen-bond donors (Lipinski definition) is 2. The van der Waals surface area contributed by atoms with Gasteiger partial charge in [-0.25, -0.2) is 4.98 Å². The van der Waals surface area contributed by atoms with Gasteiger partial charge in [-0.05, 0) is 55.8 Å². The summed E-state index contributed by atoms with van der Waals surface area (Å²) in [6, 6.07) is 12.7. The van der Waals surface area contributed by atoms with Crippen molar-refractivity contribution in [2.24, 2.45) is 0 Å². The summed E-state index contributed by atoms with van der Waals surface area (Å²) < 4.78 is 12.7. The molecule has 1 aliphatic rings. The van der Waals surface area contributed by atoms with Crippen LogP contribution in [0.25, 0.3) is 0 Å². The Morgan fingerprint density at radius 3 is 2.69 bits per heavy atom. The van der Waals surface area contributed by atoms with Crippen molar-refractivity contribution in [2.45, 2.75) is 18.9 Å². The number of rotatable bonds is 6. The molecule has 1 unspecified atom stereocenters. The van der Waals surface area contributed by atoms with E-state index < -0.39 is 0 Å². The second kappa shape index (κ2) is 8.74. The van der Waals surface area contributed by atoms with Gasteiger partial charge >= 0.3 is 0 Å². The molecule has 8 heteroatoms. The number of anilines is 1. The number of carbonyl (C=O) groups excluding carboxylic acids is 1. The molecular weight excluding hydrogens is 370 g/mol. The van der Waals surface area contributed by atoms with Crippen molar-refractivity contribution >= 4 is 11.6 Å². The minimum absolute atomic E-state index is 0.266. The highest BCUT2D eigenvalue weighted by Gasteiger charge is 2.17. The number of piperidine rings is 1. The molecule has 3 aromatic rings. The van der Waals surface area contributed by atoms with E-state index in [9.17, 15) is 4.79 Å². The van der Waals surface area contributed by atoms with Crippen molar-refractivity contribution < 1.29 is 14.3 Å². The largest absolute Gasteiger partial charge is 0.497 e. The predicted octanol–water partition coefficient (Wildman–Crippen LogP) is 3.26. The highest BCUT2D eigenvalue weighted by molar-refractivity contribution is 6.02. The second-order valence-corrected chi connectivity index (χ2v) is 6.80. The van der Waals surface area contributed by atoms with Crippen LogP contribution in [0.3, 0.4) is 0 Å². The normalized spacial score (nSPS) is 16.2. The van der Waals surface area contributed by atoms with Crippen molar-refractivity contribution in [3.63, 3.8) is 0 Å². The molecule has 1 amide bonds. The van der Waals surface area contributed by atoms with Gasteiger partial charge < -0.3 is 20.1 Å². The molecule has 1 atom stereocenters. The summed E-state index contributed by atoms with van der Waals surface area (Å²) in [4.78, 5) is 16.7. The maximum absolute atomic E-state index is 12.5. The van der Waals surface area contributed by atoms with E-state index in [0.29, 0.717) is 29.1 Å². The van der Waals surface area contributed by atoms with E-state index in [-0.39, 0.29) is 5.91 Å². The molecule has 150 valence electrons. The highest BCUT2D eigenvalue weighted by atomic mass is 16.5. The average molecular weight is 393 g/mol. The van der Waals surface area contributed by atoms with E-state index in [1.807, 2.05) is 23.0 Å². The van der Waals surface area contributed by atoms with E-state index in [4.69, 9.17) is 9.47 Å². The first-order valence-corrected chi connectivity index (χ1v) is 9.56. The fraction of sp³-hybridized carbons (Fsp3) is 0.286. The molecular formula is C21H23N5O3. The van der Waals surface area contributed by atoms with Crippen LogP contribution in [-0.2, 0) is 0 Å². The lowest BCUT2D eigenvalue weighted by atomic mass is 10.1. The molecule has 1 aromatic carbocycles. The summed E-state index contributed by atoms with van der Waals surface area (Å²) >= 11 is 0. The van der Waals surface area contributed by atoms with Gasteiger partial charge in [0.25, 0.3) is 5.91 Å². The van der Waals surface area contributed by atoms with E-state index in [1.54, 1.807) is 43.6 Å². The number of nitrogens with one attached hydrogen (secondary N) is 2. The lowest BCUT2D eigenvalue weighted by Gasteiger charge is -2.22. The van der Waals surface area contributed by atoms with Crippen LogP contribution >= 0.6 is 0 Å². The van der Waals surface area contributed by atoms with Crippen LogP contribution in [0.1, 0.15) is 29.4 Å². The number of amides is 1. The summed E-state index contributed by atoms with van der Waals surface area (Å²) in [6.07, 6.45) is 5.59. The van der Waals surface area contributed by atoms with Crippen LogP contribution in [0.4, 0.5) is 5.69 Å². The second-order valence-electron chi connectivity index (χ2n) is 6.80. The minimum Gasteiger partial charge on any atom is -0.497 e. The average Bonchev–Trinajstić information content (AvgIpc) is 3.27. The number of hydrogen-bond acceptors (Lipinski definition) is 6. The molecule has 0 spiro atoms. The van der Waals surface area contributed by atoms with Gasteiger partial charge in [-0.1, -0.05) is 0 Å². The van der Waals surface area contributed by atoms with E-state index in [1.165, 1.54) is 0 Å². The third-order valence-electron chi connectivity index (χ3n) is 4.76. The zero-order valence-electron chi connectivity index (χ0n) is 16.2. The van der Waals surface area contributed by atoms with Crippen molar-refractivity contribution in [1.29, 1.82) is 0 Å². The van der Waals surface area contributed by atoms with E-state index in [0.717, 1.165) is 31.7 Å². The zero-order chi connectivity index (χ0) is 20.1.